The molecule has 0 saturated carbocycles. The number of aromatic hydroxyl groups is 1. The highest BCUT2D eigenvalue weighted by molar-refractivity contribution is 5.78. The average Bonchev–Trinajstić information content (AvgIpc) is 2.68. The molecule has 2 atom stereocenters. The van der Waals surface area contributed by atoms with Crippen molar-refractivity contribution in [3.05, 3.63) is 101 Å². The molecule has 1 amide bonds. The standard InChI is InChI=1S/C25H27NO2/c1-18-13-14-22(24(27)15-18)23(21-11-7-4-8-12-21)17-25(28)26-19(2)16-20-9-5-3-6-10-20/h3-15,19,23,27H,16-17H2,1-2H3,(H,26,28)/t19-,23+/m1/s1. The molecular weight excluding hydrogens is 346 g/mol. The molecule has 0 heterocycles. The van der Waals surface area contributed by atoms with Crippen LogP contribution in [0.4, 0.5) is 0 Å². The van der Waals surface area contributed by atoms with Crippen molar-refractivity contribution in [3.63, 3.8) is 0 Å². The molecule has 0 unspecified atom stereocenters. The van der Waals surface area contributed by atoms with Crippen LogP contribution in [0.2, 0.25) is 0 Å². The molecule has 0 radical (unpaired) electrons. The Balaban J connectivity index is 1.75. The smallest absolute Gasteiger partial charge is 0.221 e. The lowest BCUT2D eigenvalue weighted by Gasteiger charge is -2.21. The molecule has 144 valence electrons. The van der Waals surface area contributed by atoms with Crippen LogP contribution in [0.3, 0.4) is 0 Å². The molecule has 0 aromatic heterocycles. The van der Waals surface area contributed by atoms with Gasteiger partial charge in [0.15, 0.2) is 0 Å². The fraction of sp³-hybridized carbons (Fsp3) is 0.240. The van der Waals surface area contributed by atoms with E-state index in [2.05, 4.69) is 17.4 Å². The lowest BCUT2D eigenvalue weighted by Crippen LogP contribution is -2.35. The maximum absolute atomic E-state index is 12.8. The second-order valence-electron chi connectivity index (χ2n) is 7.39. The summed E-state index contributed by atoms with van der Waals surface area (Å²) in [5.41, 5.74) is 4.00. The number of carbonyl (C=O) groups excluding carboxylic acids is 1. The molecule has 0 aliphatic carbocycles. The maximum atomic E-state index is 12.8. The van der Waals surface area contributed by atoms with Crippen LogP contribution in [0.15, 0.2) is 78.9 Å². The van der Waals surface area contributed by atoms with Crippen molar-refractivity contribution >= 4 is 5.91 Å². The zero-order chi connectivity index (χ0) is 19.9. The van der Waals surface area contributed by atoms with E-state index in [4.69, 9.17) is 0 Å². The minimum Gasteiger partial charge on any atom is -0.508 e. The van der Waals surface area contributed by atoms with Gasteiger partial charge in [-0.15, -0.1) is 0 Å². The number of hydrogen-bond donors (Lipinski definition) is 2. The van der Waals surface area contributed by atoms with Crippen LogP contribution in [0.25, 0.3) is 0 Å². The molecule has 2 N–H and O–H groups in total. The van der Waals surface area contributed by atoms with Gasteiger partial charge in [0.25, 0.3) is 0 Å². The molecule has 28 heavy (non-hydrogen) atoms. The number of amides is 1. The number of hydrogen-bond acceptors (Lipinski definition) is 2. The zero-order valence-electron chi connectivity index (χ0n) is 16.4. The molecule has 0 aliphatic rings. The van der Waals surface area contributed by atoms with Gasteiger partial charge in [-0.2, -0.15) is 0 Å². The van der Waals surface area contributed by atoms with Crippen LogP contribution in [0.1, 0.15) is 41.5 Å². The van der Waals surface area contributed by atoms with Crippen LogP contribution >= 0.6 is 0 Å². The van der Waals surface area contributed by atoms with Crippen LogP contribution < -0.4 is 5.32 Å². The third-order valence-electron chi connectivity index (χ3n) is 4.94. The summed E-state index contributed by atoms with van der Waals surface area (Å²) in [6.45, 7) is 3.96. The van der Waals surface area contributed by atoms with E-state index in [1.54, 1.807) is 6.07 Å². The molecule has 0 aliphatic heterocycles. The van der Waals surface area contributed by atoms with Crippen LogP contribution in [-0.2, 0) is 11.2 Å². The van der Waals surface area contributed by atoms with E-state index in [1.165, 1.54) is 5.56 Å². The molecule has 0 spiro atoms. The van der Waals surface area contributed by atoms with Gasteiger partial charge in [-0.05, 0) is 43.0 Å². The highest BCUT2D eigenvalue weighted by Crippen LogP contribution is 2.34. The first-order valence-electron chi connectivity index (χ1n) is 9.70. The molecule has 3 aromatic rings. The largest absolute Gasteiger partial charge is 0.508 e. The van der Waals surface area contributed by atoms with Gasteiger partial charge in [0.1, 0.15) is 5.75 Å². The number of aryl methyl sites for hydroxylation is 1. The van der Waals surface area contributed by atoms with Crippen molar-refractivity contribution < 1.29 is 9.90 Å². The average molecular weight is 373 g/mol. The molecule has 3 nitrogen and oxygen atoms in total. The number of nitrogens with one attached hydrogen (secondary N) is 1. The van der Waals surface area contributed by atoms with Crippen molar-refractivity contribution in [3.8, 4) is 5.75 Å². The summed E-state index contributed by atoms with van der Waals surface area (Å²) in [6, 6.07) is 25.7. The van der Waals surface area contributed by atoms with Gasteiger partial charge in [-0.1, -0.05) is 72.8 Å². The third-order valence-corrected chi connectivity index (χ3v) is 4.94. The predicted molar refractivity (Wildman–Crippen MR) is 113 cm³/mol. The Morgan fingerprint density at radius 1 is 0.964 bits per heavy atom. The normalized spacial score (nSPS) is 12.9. The summed E-state index contributed by atoms with van der Waals surface area (Å²) in [5.74, 6) is 0.0296. The first-order valence-corrected chi connectivity index (χ1v) is 9.70. The lowest BCUT2D eigenvalue weighted by atomic mass is 9.87. The predicted octanol–water partition coefficient (Wildman–Crippen LogP) is 4.97. The van der Waals surface area contributed by atoms with Gasteiger partial charge < -0.3 is 10.4 Å². The topological polar surface area (TPSA) is 49.3 Å². The Morgan fingerprint density at radius 3 is 2.25 bits per heavy atom. The third kappa shape index (κ3) is 5.23. The fourth-order valence-corrected chi connectivity index (χ4v) is 3.58. The molecule has 0 fully saturated rings. The van der Waals surface area contributed by atoms with Crippen LogP contribution in [0.5, 0.6) is 5.75 Å². The number of carbonyl (C=O) groups is 1. The van der Waals surface area contributed by atoms with Gasteiger partial charge in [0.05, 0.1) is 0 Å². The summed E-state index contributed by atoms with van der Waals surface area (Å²) in [4.78, 5) is 12.8. The van der Waals surface area contributed by atoms with E-state index < -0.39 is 0 Å². The lowest BCUT2D eigenvalue weighted by molar-refractivity contribution is -0.121. The second kappa shape index (κ2) is 9.23. The van der Waals surface area contributed by atoms with E-state index >= 15 is 0 Å². The quantitative estimate of drug-likeness (QED) is 0.614. The Hall–Kier alpha value is -3.07. The van der Waals surface area contributed by atoms with E-state index in [-0.39, 0.29) is 23.6 Å². The Labute approximate surface area is 167 Å². The van der Waals surface area contributed by atoms with Crippen molar-refractivity contribution in [2.45, 2.75) is 38.6 Å². The summed E-state index contributed by atoms with van der Waals surface area (Å²) in [7, 11) is 0. The van der Waals surface area contributed by atoms with Gasteiger partial charge in [-0.3, -0.25) is 4.79 Å². The number of phenols is 1. The van der Waals surface area contributed by atoms with E-state index in [1.807, 2.05) is 74.5 Å². The Kier molecular flexibility index (Phi) is 6.49. The Bertz CT molecular complexity index is 906. The minimum absolute atomic E-state index is 0.0164. The van der Waals surface area contributed by atoms with E-state index in [0.717, 1.165) is 23.1 Å². The van der Waals surface area contributed by atoms with Gasteiger partial charge in [0, 0.05) is 23.9 Å². The van der Waals surface area contributed by atoms with E-state index in [0.29, 0.717) is 6.42 Å². The molecule has 3 aromatic carbocycles. The monoisotopic (exact) mass is 373 g/mol. The van der Waals surface area contributed by atoms with Crippen molar-refractivity contribution in [1.29, 1.82) is 0 Å². The van der Waals surface area contributed by atoms with Crippen molar-refractivity contribution in [2.75, 3.05) is 0 Å². The zero-order valence-corrected chi connectivity index (χ0v) is 16.4. The molecular formula is C25H27NO2. The number of phenolic OH excluding ortho intramolecular Hbond substituents is 1. The van der Waals surface area contributed by atoms with Crippen molar-refractivity contribution in [2.24, 2.45) is 0 Å². The SMILES string of the molecule is Cc1ccc([C@@H](CC(=O)N[C@H](C)Cc2ccccc2)c2ccccc2)c(O)c1. The molecule has 3 heteroatoms. The molecule has 3 rings (SSSR count). The van der Waals surface area contributed by atoms with Crippen LogP contribution in [0, 0.1) is 6.92 Å². The summed E-state index contributed by atoms with van der Waals surface area (Å²) < 4.78 is 0. The Morgan fingerprint density at radius 2 is 1.61 bits per heavy atom. The summed E-state index contributed by atoms with van der Waals surface area (Å²) >= 11 is 0. The first-order chi connectivity index (χ1) is 13.5. The number of rotatable bonds is 7. The van der Waals surface area contributed by atoms with Gasteiger partial charge in [0.2, 0.25) is 5.91 Å². The second-order valence-corrected chi connectivity index (χ2v) is 7.39. The van der Waals surface area contributed by atoms with Crippen molar-refractivity contribution in [1.82, 2.24) is 5.32 Å². The van der Waals surface area contributed by atoms with Gasteiger partial charge >= 0.3 is 0 Å². The molecule has 0 saturated heterocycles. The highest BCUT2D eigenvalue weighted by Gasteiger charge is 2.22. The number of benzene rings is 3. The first kappa shape index (κ1) is 19.7. The van der Waals surface area contributed by atoms with E-state index in [9.17, 15) is 9.90 Å². The minimum atomic E-state index is -0.189. The van der Waals surface area contributed by atoms with Crippen LogP contribution in [-0.4, -0.2) is 17.1 Å². The molecule has 0 bridgehead atoms. The highest BCUT2D eigenvalue weighted by atomic mass is 16.3. The van der Waals surface area contributed by atoms with Gasteiger partial charge in [-0.25, -0.2) is 0 Å². The summed E-state index contributed by atoms with van der Waals surface area (Å²) in [6.07, 6.45) is 1.08. The summed E-state index contributed by atoms with van der Waals surface area (Å²) in [5, 5.41) is 13.6. The maximum Gasteiger partial charge on any atom is 0.221 e. The fourth-order valence-electron chi connectivity index (χ4n) is 3.58.